The van der Waals surface area contributed by atoms with Crippen LogP contribution in [0.5, 0.6) is 0 Å². The second-order valence-corrected chi connectivity index (χ2v) is 6.80. The van der Waals surface area contributed by atoms with E-state index in [4.69, 9.17) is 0 Å². The van der Waals surface area contributed by atoms with Gasteiger partial charge in [0.2, 0.25) is 0 Å². The van der Waals surface area contributed by atoms with E-state index in [1.807, 2.05) is 54.6 Å². The lowest BCUT2D eigenvalue weighted by Crippen LogP contribution is -2.24. The van der Waals surface area contributed by atoms with Crippen LogP contribution >= 0.6 is 0 Å². The molecule has 126 valence electrons. The van der Waals surface area contributed by atoms with Gasteiger partial charge in [-0.1, -0.05) is 105 Å². The molecule has 0 radical (unpaired) electrons. The minimum Gasteiger partial charge on any atom is -0.293 e. The lowest BCUT2D eigenvalue weighted by molar-refractivity contribution is 0.0936. The Morgan fingerprint density at radius 2 is 1.08 bits per heavy atom. The highest BCUT2D eigenvalue weighted by atomic mass is 16.1. The topological polar surface area (TPSA) is 17.1 Å². The second kappa shape index (κ2) is 7.94. The zero-order valence-electron chi connectivity index (χ0n) is 14.8. The molecule has 0 N–H and O–H groups in total. The molecule has 0 spiro atoms. The van der Waals surface area contributed by atoms with Crippen LogP contribution in [0.1, 0.15) is 47.2 Å². The van der Waals surface area contributed by atoms with E-state index >= 15 is 0 Å². The Kier molecular flexibility index (Phi) is 5.45. The van der Waals surface area contributed by atoms with Crippen molar-refractivity contribution in [3.63, 3.8) is 0 Å². The summed E-state index contributed by atoms with van der Waals surface area (Å²) in [5.41, 5.74) is 3.08. The van der Waals surface area contributed by atoms with E-state index in [0.29, 0.717) is 5.92 Å². The number of Topliss-reactive ketones (excluding diaryl/α,β-unsaturated/α-hetero) is 1. The average Bonchev–Trinajstić information content (AvgIpc) is 2.67. The normalized spacial score (nSPS) is 13.4. The first-order valence-corrected chi connectivity index (χ1v) is 8.87. The molecule has 0 bridgehead atoms. The molecule has 2 atom stereocenters. The maximum Gasteiger partial charge on any atom is 0.170 e. The van der Waals surface area contributed by atoms with Gasteiger partial charge in [0.1, 0.15) is 0 Å². The van der Waals surface area contributed by atoms with Gasteiger partial charge in [-0.15, -0.1) is 0 Å². The highest BCUT2D eigenvalue weighted by Crippen LogP contribution is 2.40. The van der Waals surface area contributed by atoms with Gasteiger partial charge in [0.25, 0.3) is 0 Å². The van der Waals surface area contributed by atoms with Crippen molar-refractivity contribution >= 4 is 5.78 Å². The number of benzene rings is 3. The SMILES string of the molecule is CC(C)[C@@H](c1ccccc1)[C@@H](C(=O)c1ccccc1)c1ccccc1. The standard InChI is InChI=1S/C24H24O/c1-18(2)22(19-12-6-3-7-13-19)23(20-14-8-4-9-15-20)24(25)21-16-10-5-11-17-21/h3-18,22-23H,1-2H3/t22-,23-/m0/s1. The molecular weight excluding hydrogens is 304 g/mol. The van der Waals surface area contributed by atoms with Gasteiger partial charge in [0.05, 0.1) is 5.92 Å². The Labute approximate surface area is 150 Å². The first-order valence-electron chi connectivity index (χ1n) is 8.87. The summed E-state index contributed by atoms with van der Waals surface area (Å²) in [4.78, 5) is 13.5. The van der Waals surface area contributed by atoms with E-state index in [1.54, 1.807) is 0 Å². The fourth-order valence-corrected chi connectivity index (χ4v) is 3.60. The zero-order valence-corrected chi connectivity index (χ0v) is 14.8. The molecule has 3 aromatic rings. The zero-order chi connectivity index (χ0) is 17.6. The van der Waals surface area contributed by atoms with Crippen molar-refractivity contribution in [3.05, 3.63) is 108 Å². The maximum atomic E-state index is 13.5. The van der Waals surface area contributed by atoms with Crippen molar-refractivity contribution < 1.29 is 4.79 Å². The number of carbonyl (C=O) groups excluding carboxylic acids is 1. The highest BCUT2D eigenvalue weighted by Gasteiger charge is 2.33. The Morgan fingerprint density at radius 3 is 1.56 bits per heavy atom. The second-order valence-electron chi connectivity index (χ2n) is 6.80. The molecule has 0 aromatic heterocycles. The third kappa shape index (κ3) is 3.88. The van der Waals surface area contributed by atoms with Crippen LogP contribution in [0.15, 0.2) is 91.0 Å². The van der Waals surface area contributed by atoms with Crippen molar-refractivity contribution in [1.82, 2.24) is 0 Å². The van der Waals surface area contributed by atoms with E-state index < -0.39 is 0 Å². The smallest absolute Gasteiger partial charge is 0.170 e. The summed E-state index contributed by atoms with van der Waals surface area (Å²) < 4.78 is 0. The molecule has 0 aliphatic heterocycles. The van der Waals surface area contributed by atoms with Gasteiger partial charge in [-0.05, 0) is 17.0 Å². The van der Waals surface area contributed by atoms with Crippen molar-refractivity contribution in [2.24, 2.45) is 5.92 Å². The van der Waals surface area contributed by atoms with Gasteiger partial charge in [-0.2, -0.15) is 0 Å². The first-order chi connectivity index (χ1) is 12.2. The third-order valence-corrected chi connectivity index (χ3v) is 4.76. The van der Waals surface area contributed by atoms with Gasteiger partial charge < -0.3 is 0 Å². The van der Waals surface area contributed by atoms with Gasteiger partial charge in [-0.3, -0.25) is 4.79 Å². The number of carbonyl (C=O) groups is 1. The van der Waals surface area contributed by atoms with Crippen LogP contribution in [0.2, 0.25) is 0 Å². The Morgan fingerprint density at radius 1 is 0.640 bits per heavy atom. The Hall–Kier alpha value is -2.67. The number of hydrogen-bond acceptors (Lipinski definition) is 1. The van der Waals surface area contributed by atoms with Gasteiger partial charge in [-0.25, -0.2) is 0 Å². The number of ketones is 1. The van der Waals surface area contributed by atoms with Crippen molar-refractivity contribution in [2.45, 2.75) is 25.7 Å². The number of rotatable bonds is 6. The molecular formula is C24H24O. The molecule has 0 amide bonds. The summed E-state index contributed by atoms with van der Waals surface area (Å²) in [5, 5.41) is 0. The maximum absolute atomic E-state index is 13.5. The third-order valence-electron chi connectivity index (χ3n) is 4.76. The monoisotopic (exact) mass is 328 g/mol. The molecule has 0 saturated heterocycles. The van der Waals surface area contributed by atoms with Crippen molar-refractivity contribution in [2.75, 3.05) is 0 Å². The van der Waals surface area contributed by atoms with E-state index in [-0.39, 0.29) is 17.6 Å². The summed E-state index contributed by atoms with van der Waals surface area (Å²) in [6, 6.07) is 30.2. The van der Waals surface area contributed by atoms with Gasteiger partial charge in [0.15, 0.2) is 5.78 Å². The molecule has 25 heavy (non-hydrogen) atoms. The molecule has 0 heterocycles. The molecule has 0 aliphatic carbocycles. The Balaban J connectivity index is 2.11. The molecule has 0 saturated carbocycles. The van der Waals surface area contributed by atoms with Crippen LogP contribution in [0.4, 0.5) is 0 Å². The lowest BCUT2D eigenvalue weighted by Gasteiger charge is -2.30. The Bertz CT molecular complexity index is 791. The molecule has 0 unspecified atom stereocenters. The molecule has 0 aliphatic rings. The van der Waals surface area contributed by atoms with Crippen LogP contribution in [-0.2, 0) is 0 Å². The van der Waals surface area contributed by atoms with Crippen LogP contribution in [-0.4, -0.2) is 5.78 Å². The summed E-state index contributed by atoms with van der Waals surface area (Å²) >= 11 is 0. The quantitative estimate of drug-likeness (QED) is 0.500. The fourth-order valence-electron chi connectivity index (χ4n) is 3.60. The largest absolute Gasteiger partial charge is 0.293 e. The van der Waals surface area contributed by atoms with Crippen LogP contribution in [0, 0.1) is 5.92 Å². The predicted octanol–water partition coefficient (Wildman–Crippen LogP) is 6.09. The molecule has 1 heteroatoms. The highest BCUT2D eigenvalue weighted by molar-refractivity contribution is 6.01. The molecule has 1 nitrogen and oxygen atoms in total. The lowest BCUT2D eigenvalue weighted by atomic mass is 9.72. The van der Waals surface area contributed by atoms with E-state index in [0.717, 1.165) is 11.1 Å². The van der Waals surface area contributed by atoms with Gasteiger partial charge >= 0.3 is 0 Å². The summed E-state index contributed by atoms with van der Waals surface area (Å²) in [6.07, 6.45) is 0. The minimum atomic E-state index is -0.189. The fraction of sp³-hybridized carbons (Fsp3) is 0.208. The van der Waals surface area contributed by atoms with Crippen LogP contribution in [0.25, 0.3) is 0 Å². The van der Waals surface area contributed by atoms with E-state index in [2.05, 4.69) is 50.2 Å². The predicted molar refractivity (Wildman–Crippen MR) is 104 cm³/mol. The summed E-state index contributed by atoms with van der Waals surface area (Å²) in [6.45, 7) is 4.40. The van der Waals surface area contributed by atoms with E-state index in [1.165, 1.54) is 5.56 Å². The first kappa shape index (κ1) is 17.2. The average molecular weight is 328 g/mol. The number of hydrogen-bond donors (Lipinski definition) is 0. The summed E-state index contributed by atoms with van der Waals surface area (Å²) in [5.74, 6) is 0.483. The van der Waals surface area contributed by atoms with Crippen molar-refractivity contribution in [1.29, 1.82) is 0 Å². The molecule has 3 aromatic carbocycles. The molecule has 3 rings (SSSR count). The van der Waals surface area contributed by atoms with Gasteiger partial charge in [0, 0.05) is 11.5 Å². The molecule has 0 fully saturated rings. The van der Waals surface area contributed by atoms with Crippen LogP contribution < -0.4 is 0 Å². The summed E-state index contributed by atoms with van der Waals surface area (Å²) in [7, 11) is 0. The van der Waals surface area contributed by atoms with E-state index in [9.17, 15) is 4.79 Å². The van der Waals surface area contributed by atoms with Crippen LogP contribution in [0.3, 0.4) is 0 Å². The van der Waals surface area contributed by atoms with Crippen molar-refractivity contribution in [3.8, 4) is 0 Å². The minimum absolute atomic E-state index is 0.135.